The molecular formula is C18H20N6O. The number of ether oxygens (including phenoxy) is 1. The van der Waals surface area contributed by atoms with Crippen molar-refractivity contribution in [1.29, 1.82) is 0 Å². The third-order valence-corrected chi connectivity index (χ3v) is 3.62. The van der Waals surface area contributed by atoms with E-state index in [0.29, 0.717) is 12.4 Å². The molecule has 3 aromatic rings. The minimum absolute atomic E-state index is 0.650. The summed E-state index contributed by atoms with van der Waals surface area (Å²) < 4.78 is 5.02. The molecule has 3 rings (SSSR count). The van der Waals surface area contributed by atoms with Gasteiger partial charge in [0.15, 0.2) is 5.82 Å². The molecule has 0 aliphatic rings. The molecule has 0 saturated carbocycles. The second kappa shape index (κ2) is 8.16. The van der Waals surface area contributed by atoms with E-state index < -0.39 is 0 Å². The maximum Gasteiger partial charge on any atom is 0.153 e. The number of rotatable bonds is 7. The van der Waals surface area contributed by atoms with Crippen molar-refractivity contribution in [2.24, 2.45) is 0 Å². The number of anilines is 3. The molecule has 7 heteroatoms. The van der Waals surface area contributed by atoms with E-state index in [4.69, 9.17) is 4.74 Å². The molecule has 3 heterocycles. The lowest BCUT2D eigenvalue weighted by atomic mass is 10.3. The van der Waals surface area contributed by atoms with Crippen molar-refractivity contribution >= 4 is 17.3 Å². The molecule has 0 radical (unpaired) electrons. The van der Waals surface area contributed by atoms with Gasteiger partial charge in [0.05, 0.1) is 36.6 Å². The first kappa shape index (κ1) is 16.8. The van der Waals surface area contributed by atoms with Gasteiger partial charge in [0.25, 0.3) is 0 Å². The van der Waals surface area contributed by atoms with Crippen LogP contribution in [0.25, 0.3) is 11.4 Å². The fraction of sp³-hybridized carbons (Fsp3) is 0.222. The van der Waals surface area contributed by atoms with Crippen molar-refractivity contribution in [3.8, 4) is 11.4 Å². The standard InChI is InChI=1S/C18H20N6O/c1-24(17-7-6-14(11-22-17)20-9-10-25-2)18-13-19-12-16(23-18)15-5-3-4-8-21-15/h3-8,11-13,20H,9-10H2,1-2H3. The van der Waals surface area contributed by atoms with Gasteiger partial charge in [-0.15, -0.1) is 0 Å². The zero-order valence-electron chi connectivity index (χ0n) is 14.3. The summed E-state index contributed by atoms with van der Waals surface area (Å²) in [6, 6.07) is 9.62. The molecule has 7 nitrogen and oxygen atoms in total. The van der Waals surface area contributed by atoms with E-state index >= 15 is 0 Å². The molecule has 0 spiro atoms. The molecule has 0 aliphatic heterocycles. The Morgan fingerprint density at radius 1 is 1.00 bits per heavy atom. The minimum atomic E-state index is 0.650. The number of pyridine rings is 2. The van der Waals surface area contributed by atoms with Crippen molar-refractivity contribution in [2.45, 2.75) is 0 Å². The van der Waals surface area contributed by atoms with E-state index in [1.807, 2.05) is 42.3 Å². The van der Waals surface area contributed by atoms with Gasteiger partial charge in [0, 0.05) is 26.9 Å². The first-order valence-electron chi connectivity index (χ1n) is 7.94. The number of methoxy groups -OCH3 is 1. The maximum absolute atomic E-state index is 5.02. The molecule has 0 atom stereocenters. The molecule has 1 N–H and O–H groups in total. The Bertz CT molecular complexity index is 794. The van der Waals surface area contributed by atoms with Crippen LogP contribution in [0.2, 0.25) is 0 Å². The van der Waals surface area contributed by atoms with Gasteiger partial charge in [0.1, 0.15) is 11.5 Å². The van der Waals surface area contributed by atoms with Crippen LogP contribution in [-0.2, 0) is 4.74 Å². The first-order valence-corrected chi connectivity index (χ1v) is 7.94. The highest BCUT2D eigenvalue weighted by atomic mass is 16.5. The van der Waals surface area contributed by atoms with Crippen molar-refractivity contribution in [2.75, 3.05) is 37.5 Å². The second-order valence-corrected chi connectivity index (χ2v) is 5.36. The van der Waals surface area contributed by atoms with Gasteiger partial charge in [-0.25, -0.2) is 9.97 Å². The van der Waals surface area contributed by atoms with Crippen molar-refractivity contribution in [3.05, 3.63) is 55.1 Å². The number of hydrogen-bond acceptors (Lipinski definition) is 7. The summed E-state index contributed by atoms with van der Waals surface area (Å²) in [5.74, 6) is 1.49. The van der Waals surface area contributed by atoms with Crippen LogP contribution in [-0.4, -0.2) is 47.2 Å². The SMILES string of the molecule is COCCNc1ccc(N(C)c2cncc(-c3ccccn3)n2)nc1. The second-order valence-electron chi connectivity index (χ2n) is 5.36. The molecule has 0 amide bonds. The van der Waals surface area contributed by atoms with Crippen molar-refractivity contribution in [1.82, 2.24) is 19.9 Å². The predicted octanol–water partition coefficient (Wildman–Crippen LogP) is 2.76. The number of nitrogens with one attached hydrogen (secondary N) is 1. The third-order valence-electron chi connectivity index (χ3n) is 3.62. The lowest BCUT2D eigenvalue weighted by Crippen LogP contribution is -2.14. The summed E-state index contributed by atoms with van der Waals surface area (Å²) in [6.45, 7) is 1.39. The van der Waals surface area contributed by atoms with Crippen LogP contribution >= 0.6 is 0 Å². The van der Waals surface area contributed by atoms with Gasteiger partial charge < -0.3 is 15.0 Å². The zero-order chi connectivity index (χ0) is 17.5. The van der Waals surface area contributed by atoms with Crippen LogP contribution < -0.4 is 10.2 Å². The van der Waals surface area contributed by atoms with Gasteiger partial charge >= 0.3 is 0 Å². The lowest BCUT2D eigenvalue weighted by Gasteiger charge is -2.17. The highest BCUT2D eigenvalue weighted by Gasteiger charge is 2.09. The normalized spacial score (nSPS) is 10.5. The molecular weight excluding hydrogens is 316 g/mol. The van der Waals surface area contributed by atoms with Gasteiger partial charge in [-0.05, 0) is 24.3 Å². The van der Waals surface area contributed by atoms with Crippen LogP contribution in [0.5, 0.6) is 0 Å². The predicted molar refractivity (Wildman–Crippen MR) is 97.9 cm³/mol. The monoisotopic (exact) mass is 336 g/mol. The Kier molecular flexibility index (Phi) is 5.48. The summed E-state index contributed by atoms with van der Waals surface area (Å²) in [4.78, 5) is 19.6. The Labute approximate surface area is 146 Å². The molecule has 0 unspecified atom stereocenters. The Hall–Kier alpha value is -3.06. The molecule has 128 valence electrons. The average Bonchev–Trinajstić information content (AvgIpc) is 2.69. The van der Waals surface area contributed by atoms with E-state index in [1.165, 1.54) is 0 Å². The van der Waals surface area contributed by atoms with E-state index in [1.54, 1.807) is 31.9 Å². The van der Waals surface area contributed by atoms with E-state index in [9.17, 15) is 0 Å². The average molecular weight is 336 g/mol. The Balaban J connectivity index is 1.75. The molecule has 0 aromatic carbocycles. The summed E-state index contributed by atoms with van der Waals surface area (Å²) in [7, 11) is 3.59. The van der Waals surface area contributed by atoms with Crippen molar-refractivity contribution in [3.63, 3.8) is 0 Å². The highest BCUT2D eigenvalue weighted by molar-refractivity contribution is 5.60. The molecule has 0 aliphatic carbocycles. The number of nitrogens with zero attached hydrogens (tertiary/aromatic N) is 5. The first-order chi connectivity index (χ1) is 12.3. The molecule has 3 aromatic heterocycles. The van der Waals surface area contributed by atoms with E-state index in [-0.39, 0.29) is 0 Å². The van der Waals surface area contributed by atoms with Crippen LogP contribution in [0.1, 0.15) is 0 Å². The van der Waals surface area contributed by atoms with Gasteiger partial charge in [-0.1, -0.05) is 6.07 Å². The number of hydrogen-bond donors (Lipinski definition) is 1. The minimum Gasteiger partial charge on any atom is -0.383 e. The molecule has 0 saturated heterocycles. The summed E-state index contributed by atoms with van der Waals surface area (Å²) in [5.41, 5.74) is 2.46. The number of aromatic nitrogens is 4. The van der Waals surface area contributed by atoms with Crippen LogP contribution in [0, 0.1) is 0 Å². The van der Waals surface area contributed by atoms with Gasteiger partial charge in [-0.3, -0.25) is 9.97 Å². The summed E-state index contributed by atoms with van der Waals surface area (Å²) >= 11 is 0. The largest absolute Gasteiger partial charge is 0.383 e. The van der Waals surface area contributed by atoms with Crippen LogP contribution in [0.15, 0.2) is 55.1 Å². The van der Waals surface area contributed by atoms with E-state index in [0.717, 1.165) is 29.4 Å². The van der Waals surface area contributed by atoms with Crippen molar-refractivity contribution < 1.29 is 4.74 Å². The third kappa shape index (κ3) is 4.27. The van der Waals surface area contributed by atoms with Gasteiger partial charge in [0.2, 0.25) is 0 Å². The van der Waals surface area contributed by atoms with Crippen LogP contribution in [0.3, 0.4) is 0 Å². The highest BCUT2D eigenvalue weighted by Crippen LogP contribution is 2.22. The zero-order valence-corrected chi connectivity index (χ0v) is 14.3. The topological polar surface area (TPSA) is 76.1 Å². The van der Waals surface area contributed by atoms with Crippen LogP contribution in [0.4, 0.5) is 17.3 Å². The van der Waals surface area contributed by atoms with E-state index in [2.05, 4.69) is 25.3 Å². The summed E-state index contributed by atoms with van der Waals surface area (Å²) in [6.07, 6.45) is 6.94. The Morgan fingerprint density at radius 3 is 2.64 bits per heavy atom. The van der Waals surface area contributed by atoms with Gasteiger partial charge in [-0.2, -0.15) is 0 Å². The molecule has 0 bridgehead atoms. The quantitative estimate of drug-likeness (QED) is 0.665. The fourth-order valence-electron chi connectivity index (χ4n) is 2.26. The maximum atomic E-state index is 5.02. The lowest BCUT2D eigenvalue weighted by molar-refractivity contribution is 0.211. The Morgan fingerprint density at radius 2 is 1.92 bits per heavy atom. The smallest absolute Gasteiger partial charge is 0.153 e. The fourth-order valence-corrected chi connectivity index (χ4v) is 2.26. The molecule has 25 heavy (non-hydrogen) atoms. The summed E-state index contributed by atoms with van der Waals surface area (Å²) in [5, 5.41) is 3.24. The molecule has 0 fully saturated rings.